The van der Waals surface area contributed by atoms with Gasteiger partial charge in [-0.2, -0.15) is 0 Å². The molecule has 4 rings (SSSR count). The Hall–Kier alpha value is -2.86. The van der Waals surface area contributed by atoms with Gasteiger partial charge in [0.05, 0.1) is 17.5 Å². The fourth-order valence-corrected chi connectivity index (χ4v) is 3.45. The number of nitrogens with one attached hydrogen (secondary N) is 1. The van der Waals surface area contributed by atoms with Crippen LogP contribution in [-0.2, 0) is 13.0 Å². The van der Waals surface area contributed by atoms with E-state index in [9.17, 15) is 4.79 Å². The summed E-state index contributed by atoms with van der Waals surface area (Å²) in [5, 5.41) is 0. The minimum Gasteiger partial charge on any atom is -0.305 e. The Morgan fingerprint density at radius 3 is 2.85 bits per heavy atom. The second kappa shape index (κ2) is 7.17. The Balaban J connectivity index is 1.53. The second-order valence-corrected chi connectivity index (χ2v) is 6.73. The number of aromatic amines is 1. The first kappa shape index (κ1) is 16.6. The number of H-pyrrole nitrogens is 1. The normalized spacial score (nSPS) is 15.4. The number of hydrogen-bond acceptors (Lipinski definition) is 5. The Bertz CT molecular complexity index is 939. The minimum atomic E-state index is -0.0762. The zero-order valence-electron chi connectivity index (χ0n) is 14.7. The van der Waals surface area contributed by atoms with E-state index in [2.05, 4.69) is 56.0 Å². The minimum absolute atomic E-state index is 0.0762. The van der Waals surface area contributed by atoms with Crippen LogP contribution in [0, 0.1) is 0 Å². The van der Waals surface area contributed by atoms with Gasteiger partial charge in [-0.3, -0.25) is 14.7 Å². The highest BCUT2D eigenvalue weighted by molar-refractivity contribution is 5.47. The van der Waals surface area contributed by atoms with Gasteiger partial charge in [0.2, 0.25) is 0 Å². The zero-order valence-corrected chi connectivity index (χ0v) is 14.7. The fourth-order valence-electron chi connectivity index (χ4n) is 3.45. The molecule has 1 aliphatic rings. The molecule has 3 heterocycles. The molecule has 0 unspecified atom stereocenters. The van der Waals surface area contributed by atoms with Gasteiger partial charge in [-0.1, -0.05) is 37.3 Å². The fraction of sp³-hybridized carbons (Fsp3) is 0.300. The second-order valence-electron chi connectivity index (χ2n) is 6.73. The van der Waals surface area contributed by atoms with Gasteiger partial charge in [-0.15, -0.1) is 0 Å². The Morgan fingerprint density at radius 2 is 2.08 bits per heavy atom. The summed E-state index contributed by atoms with van der Waals surface area (Å²) in [5.74, 6) is 0.914. The highest BCUT2D eigenvalue weighted by atomic mass is 16.1. The first-order chi connectivity index (χ1) is 12.7. The summed E-state index contributed by atoms with van der Waals surface area (Å²) in [6.07, 6.45) is 5.59. The molecule has 0 spiro atoms. The van der Waals surface area contributed by atoms with Crippen LogP contribution < -0.4 is 5.56 Å². The van der Waals surface area contributed by atoms with Gasteiger partial charge in [0.15, 0.2) is 5.82 Å². The molecule has 1 aliphatic heterocycles. The third-order valence-corrected chi connectivity index (χ3v) is 4.85. The van der Waals surface area contributed by atoms with E-state index in [-0.39, 0.29) is 5.56 Å². The molecule has 6 heteroatoms. The van der Waals surface area contributed by atoms with Crippen LogP contribution in [0.15, 0.2) is 53.7 Å². The molecule has 0 bridgehead atoms. The first-order valence-corrected chi connectivity index (χ1v) is 8.86. The number of fused-ring (bicyclic) bond motifs is 1. The Kier molecular flexibility index (Phi) is 4.58. The highest BCUT2D eigenvalue weighted by Gasteiger charge is 2.23. The van der Waals surface area contributed by atoms with Crippen LogP contribution in [0.2, 0.25) is 0 Å². The van der Waals surface area contributed by atoms with Gasteiger partial charge < -0.3 is 4.98 Å². The topological polar surface area (TPSA) is 74.8 Å². The van der Waals surface area contributed by atoms with Crippen LogP contribution in [0.1, 0.15) is 29.7 Å². The summed E-state index contributed by atoms with van der Waals surface area (Å²) in [5.41, 5.74) is 3.48. The van der Waals surface area contributed by atoms with Crippen molar-refractivity contribution in [3.8, 4) is 11.5 Å². The molecular formula is C20H21N5O. The maximum Gasteiger partial charge on any atom is 0.255 e. The molecule has 3 aromatic rings. The van der Waals surface area contributed by atoms with Crippen molar-refractivity contribution in [1.29, 1.82) is 0 Å². The number of rotatable bonds is 4. The van der Waals surface area contributed by atoms with Crippen LogP contribution in [0.4, 0.5) is 0 Å². The van der Waals surface area contributed by atoms with Crippen molar-refractivity contribution < 1.29 is 0 Å². The summed E-state index contributed by atoms with van der Waals surface area (Å²) in [6.45, 7) is 4.69. The number of benzene rings is 1. The maximum atomic E-state index is 12.6. The van der Waals surface area contributed by atoms with E-state index in [4.69, 9.17) is 0 Å². The highest BCUT2D eigenvalue weighted by Crippen LogP contribution is 2.21. The molecule has 0 saturated carbocycles. The Labute approximate surface area is 152 Å². The van der Waals surface area contributed by atoms with E-state index in [0.29, 0.717) is 24.0 Å². The zero-order chi connectivity index (χ0) is 17.9. The van der Waals surface area contributed by atoms with Gasteiger partial charge >= 0.3 is 0 Å². The average Bonchev–Trinajstić information content (AvgIpc) is 2.69. The number of nitrogens with zero attached hydrogens (tertiary/aromatic N) is 4. The maximum absolute atomic E-state index is 12.6. The lowest BCUT2D eigenvalue weighted by atomic mass is 9.99. The van der Waals surface area contributed by atoms with Crippen LogP contribution in [0.3, 0.4) is 0 Å². The molecular weight excluding hydrogens is 326 g/mol. The van der Waals surface area contributed by atoms with Crippen molar-refractivity contribution in [1.82, 2.24) is 24.8 Å². The monoisotopic (exact) mass is 347 g/mol. The first-order valence-electron chi connectivity index (χ1n) is 8.86. The lowest BCUT2D eigenvalue weighted by Gasteiger charge is -2.30. The molecule has 2 aromatic heterocycles. The van der Waals surface area contributed by atoms with E-state index < -0.39 is 0 Å². The van der Waals surface area contributed by atoms with Gasteiger partial charge in [0.25, 0.3) is 5.56 Å². The Morgan fingerprint density at radius 1 is 1.23 bits per heavy atom. The molecule has 0 amide bonds. The third kappa shape index (κ3) is 3.41. The van der Waals surface area contributed by atoms with Crippen molar-refractivity contribution in [3.05, 3.63) is 76.1 Å². The smallest absolute Gasteiger partial charge is 0.255 e. The van der Waals surface area contributed by atoms with Gasteiger partial charge in [0.1, 0.15) is 5.69 Å². The summed E-state index contributed by atoms with van der Waals surface area (Å²) in [4.78, 5) is 30.7. The van der Waals surface area contributed by atoms with Crippen LogP contribution in [0.25, 0.3) is 11.5 Å². The summed E-state index contributed by atoms with van der Waals surface area (Å²) in [7, 11) is 0. The van der Waals surface area contributed by atoms with E-state index >= 15 is 0 Å². The number of aromatic nitrogens is 4. The van der Waals surface area contributed by atoms with E-state index in [1.165, 1.54) is 5.56 Å². The van der Waals surface area contributed by atoms with Gasteiger partial charge in [-0.25, -0.2) is 9.97 Å². The molecule has 0 saturated heterocycles. The molecule has 0 aliphatic carbocycles. The molecule has 26 heavy (non-hydrogen) atoms. The standard InChI is InChI=1S/C20H21N5O/c1-14(15-5-3-2-4-6-15)12-25-10-7-17-16(13-25)20(26)24-19(23-17)18-11-21-8-9-22-18/h2-6,8-9,11,14H,7,10,12-13H2,1H3,(H,23,24,26)/t14-/m1/s1. The van der Waals surface area contributed by atoms with Crippen LogP contribution in [-0.4, -0.2) is 37.9 Å². The molecule has 0 radical (unpaired) electrons. The van der Waals surface area contributed by atoms with Crippen molar-refractivity contribution in [3.63, 3.8) is 0 Å². The van der Waals surface area contributed by atoms with E-state index in [0.717, 1.165) is 30.8 Å². The van der Waals surface area contributed by atoms with Gasteiger partial charge in [-0.05, 0) is 11.5 Å². The molecule has 0 fully saturated rings. The quantitative estimate of drug-likeness (QED) is 0.784. The predicted molar refractivity (Wildman–Crippen MR) is 99.7 cm³/mol. The van der Waals surface area contributed by atoms with E-state index in [1.54, 1.807) is 18.6 Å². The summed E-state index contributed by atoms with van der Waals surface area (Å²) in [6, 6.07) is 10.5. The van der Waals surface area contributed by atoms with Gasteiger partial charge in [0, 0.05) is 38.4 Å². The third-order valence-electron chi connectivity index (χ3n) is 4.85. The van der Waals surface area contributed by atoms with Crippen molar-refractivity contribution >= 4 is 0 Å². The summed E-state index contributed by atoms with van der Waals surface area (Å²) < 4.78 is 0. The largest absolute Gasteiger partial charge is 0.305 e. The summed E-state index contributed by atoms with van der Waals surface area (Å²) >= 11 is 0. The predicted octanol–water partition coefficient (Wildman–Crippen LogP) is 2.39. The molecule has 132 valence electrons. The lowest BCUT2D eigenvalue weighted by molar-refractivity contribution is 0.238. The average molecular weight is 347 g/mol. The van der Waals surface area contributed by atoms with Crippen molar-refractivity contribution in [2.24, 2.45) is 0 Å². The van der Waals surface area contributed by atoms with Crippen molar-refractivity contribution in [2.45, 2.75) is 25.8 Å². The van der Waals surface area contributed by atoms with E-state index in [1.807, 2.05) is 6.07 Å². The van der Waals surface area contributed by atoms with Crippen LogP contribution >= 0.6 is 0 Å². The van der Waals surface area contributed by atoms with Crippen molar-refractivity contribution in [2.75, 3.05) is 13.1 Å². The molecule has 1 aromatic carbocycles. The molecule has 6 nitrogen and oxygen atoms in total. The number of hydrogen-bond donors (Lipinski definition) is 1. The molecule has 1 N–H and O–H groups in total. The lowest BCUT2D eigenvalue weighted by Crippen LogP contribution is -2.37. The SMILES string of the molecule is C[C@H](CN1CCc2nc(-c3cnccn3)[nH]c(=O)c2C1)c1ccccc1. The van der Waals surface area contributed by atoms with Crippen LogP contribution in [0.5, 0.6) is 0 Å². The molecule has 1 atom stereocenters.